The predicted octanol–water partition coefficient (Wildman–Crippen LogP) is 3.09. The summed E-state index contributed by atoms with van der Waals surface area (Å²) in [5, 5.41) is 3.32. The van der Waals surface area contributed by atoms with Crippen molar-refractivity contribution in [3.8, 4) is 0 Å². The molecule has 0 aliphatic carbocycles. The van der Waals surface area contributed by atoms with E-state index in [1.54, 1.807) is 12.4 Å². The third-order valence-electron chi connectivity index (χ3n) is 5.53. The molecule has 1 fully saturated rings. The Bertz CT molecular complexity index is 994. The first-order valence-electron chi connectivity index (χ1n) is 10.9. The minimum atomic E-state index is 0.319. The maximum absolute atomic E-state index is 6.00. The van der Waals surface area contributed by atoms with E-state index in [2.05, 4.69) is 62.6 Å². The minimum absolute atomic E-state index is 0.319. The van der Waals surface area contributed by atoms with Crippen LogP contribution >= 0.6 is 0 Å². The maximum atomic E-state index is 6.00. The zero-order valence-electron chi connectivity index (χ0n) is 18.8. The molecule has 0 unspecified atom stereocenters. The Hall–Kier alpha value is -2.78. The molecular weight excluding hydrogens is 392 g/mol. The van der Waals surface area contributed by atoms with Crippen molar-refractivity contribution in [3.63, 3.8) is 0 Å². The van der Waals surface area contributed by atoms with Crippen molar-refractivity contribution in [2.24, 2.45) is 0 Å². The highest BCUT2D eigenvalue weighted by molar-refractivity contribution is 5.78. The van der Waals surface area contributed by atoms with Gasteiger partial charge in [-0.25, -0.2) is 15.0 Å². The number of hydrogen-bond acceptors (Lipinski definition) is 8. The molecule has 1 saturated heterocycles. The second-order valence-electron chi connectivity index (χ2n) is 8.53. The Morgan fingerprint density at radius 2 is 1.97 bits per heavy atom. The van der Waals surface area contributed by atoms with Crippen LogP contribution in [0.2, 0.25) is 0 Å². The molecule has 3 aromatic rings. The molecule has 166 valence electrons. The molecule has 0 atom stereocenters. The summed E-state index contributed by atoms with van der Waals surface area (Å²) < 4.78 is 8.14. The van der Waals surface area contributed by atoms with Gasteiger partial charge in [0.15, 0.2) is 0 Å². The highest BCUT2D eigenvalue weighted by Crippen LogP contribution is 2.23. The van der Waals surface area contributed by atoms with E-state index in [0.29, 0.717) is 12.1 Å². The number of aromatic nitrogens is 5. The maximum Gasteiger partial charge on any atom is 0.227 e. The van der Waals surface area contributed by atoms with Gasteiger partial charge < -0.3 is 24.4 Å². The first-order valence-corrected chi connectivity index (χ1v) is 10.9. The molecule has 1 N–H and O–H groups in total. The Balaban J connectivity index is 1.39. The molecule has 4 heterocycles. The van der Waals surface area contributed by atoms with Gasteiger partial charge in [0.2, 0.25) is 5.95 Å². The molecule has 9 nitrogen and oxygen atoms in total. The van der Waals surface area contributed by atoms with Gasteiger partial charge in [-0.1, -0.05) is 0 Å². The highest BCUT2D eigenvalue weighted by Gasteiger charge is 2.21. The number of nitrogens with zero attached hydrogens (tertiary/aromatic N) is 7. The van der Waals surface area contributed by atoms with Gasteiger partial charge in [0.25, 0.3) is 0 Å². The van der Waals surface area contributed by atoms with Gasteiger partial charge in [-0.3, -0.25) is 0 Å². The third-order valence-corrected chi connectivity index (χ3v) is 5.53. The van der Waals surface area contributed by atoms with E-state index < -0.39 is 0 Å². The van der Waals surface area contributed by atoms with E-state index in [0.717, 1.165) is 67.7 Å². The summed E-state index contributed by atoms with van der Waals surface area (Å²) in [5.41, 5.74) is 1.94. The molecule has 31 heavy (non-hydrogen) atoms. The van der Waals surface area contributed by atoms with Crippen molar-refractivity contribution < 1.29 is 4.74 Å². The number of nitrogens with one attached hydrogen (secondary N) is 1. The zero-order chi connectivity index (χ0) is 21.8. The van der Waals surface area contributed by atoms with Crippen molar-refractivity contribution in [1.29, 1.82) is 0 Å². The average Bonchev–Trinajstić information content (AvgIpc) is 3.18. The molecule has 4 rings (SSSR count). The second kappa shape index (κ2) is 9.57. The van der Waals surface area contributed by atoms with E-state index in [1.807, 2.05) is 18.5 Å². The number of anilines is 3. The van der Waals surface area contributed by atoms with Crippen molar-refractivity contribution >= 4 is 28.6 Å². The van der Waals surface area contributed by atoms with Gasteiger partial charge in [-0.05, 0) is 46.9 Å². The molecule has 0 aromatic carbocycles. The van der Waals surface area contributed by atoms with Gasteiger partial charge in [0.05, 0.1) is 30.8 Å². The number of pyridine rings is 1. The van der Waals surface area contributed by atoms with Gasteiger partial charge in [0, 0.05) is 37.9 Å². The van der Waals surface area contributed by atoms with E-state index in [9.17, 15) is 0 Å². The normalized spacial score (nSPS) is 15.4. The fourth-order valence-electron chi connectivity index (χ4n) is 3.74. The largest absolute Gasteiger partial charge is 0.377 e. The summed E-state index contributed by atoms with van der Waals surface area (Å²) in [4.78, 5) is 22.5. The number of hydrogen-bond donors (Lipinski definition) is 1. The summed E-state index contributed by atoms with van der Waals surface area (Å²) in [6.07, 6.45) is 7.75. The fourth-order valence-corrected chi connectivity index (χ4v) is 3.74. The lowest BCUT2D eigenvalue weighted by Gasteiger charge is -2.32. The van der Waals surface area contributed by atoms with Gasteiger partial charge in [-0.2, -0.15) is 4.98 Å². The Morgan fingerprint density at radius 1 is 1.16 bits per heavy atom. The molecule has 3 aromatic heterocycles. The van der Waals surface area contributed by atoms with Gasteiger partial charge in [-0.15, -0.1) is 0 Å². The van der Waals surface area contributed by atoms with Crippen LogP contribution in [0.5, 0.6) is 0 Å². The van der Waals surface area contributed by atoms with Crippen LogP contribution in [0, 0.1) is 0 Å². The van der Waals surface area contributed by atoms with Crippen LogP contribution in [0.15, 0.2) is 30.9 Å². The number of piperidine rings is 1. The SMILES string of the molecule is CC(C)n1cnc2cnc(Nc3ccnc(N4CCC(OCCN(C)C)CC4)n3)cc21. The predicted molar refractivity (Wildman–Crippen MR) is 123 cm³/mol. The molecule has 0 saturated carbocycles. The standard InChI is InChI=1S/C22H32N8O/c1-16(2)30-15-25-18-14-24-21(13-19(18)30)26-20-5-8-23-22(27-20)29-9-6-17(7-10-29)31-12-11-28(3)4/h5,8,13-17H,6-7,9-12H2,1-4H3,(H,23,24,26,27). The molecule has 0 bridgehead atoms. The number of likely N-dealkylation sites (N-methyl/N-ethyl adjacent to an activating group) is 1. The van der Waals surface area contributed by atoms with Crippen LogP contribution in [0.3, 0.4) is 0 Å². The van der Waals surface area contributed by atoms with E-state index in [-0.39, 0.29) is 0 Å². The average molecular weight is 425 g/mol. The number of fused-ring (bicyclic) bond motifs is 1. The molecule has 0 spiro atoms. The smallest absolute Gasteiger partial charge is 0.227 e. The first-order chi connectivity index (χ1) is 15.0. The lowest BCUT2D eigenvalue weighted by Crippen LogP contribution is -2.38. The van der Waals surface area contributed by atoms with Crippen LogP contribution in [0.4, 0.5) is 17.6 Å². The zero-order valence-corrected chi connectivity index (χ0v) is 18.8. The lowest BCUT2D eigenvalue weighted by molar-refractivity contribution is 0.0293. The van der Waals surface area contributed by atoms with Crippen molar-refractivity contribution in [2.45, 2.75) is 38.8 Å². The van der Waals surface area contributed by atoms with Crippen LogP contribution < -0.4 is 10.2 Å². The number of imidazole rings is 1. The van der Waals surface area contributed by atoms with Gasteiger partial charge >= 0.3 is 0 Å². The first kappa shape index (κ1) is 21.5. The molecule has 0 amide bonds. The topological polar surface area (TPSA) is 84.2 Å². The van der Waals surface area contributed by atoms with Gasteiger partial charge in [0.1, 0.15) is 17.2 Å². The minimum Gasteiger partial charge on any atom is -0.377 e. The number of rotatable bonds is 8. The summed E-state index contributed by atoms with van der Waals surface area (Å²) in [7, 11) is 4.13. The van der Waals surface area contributed by atoms with Crippen LogP contribution in [0.25, 0.3) is 11.0 Å². The molecule has 0 radical (unpaired) electrons. The summed E-state index contributed by atoms with van der Waals surface area (Å²) in [6, 6.07) is 4.22. The lowest BCUT2D eigenvalue weighted by atomic mass is 10.1. The fraction of sp³-hybridized carbons (Fsp3) is 0.545. The molecule has 1 aliphatic rings. The van der Waals surface area contributed by atoms with E-state index in [4.69, 9.17) is 9.72 Å². The van der Waals surface area contributed by atoms with E-state index >= 15 is 0 Å². The summed E-state index contributed by atoms with van der Waals surface area (Å²) in [6.45, 7) is 7.81. The third kappa shape index (κ3) is 5.29. The van der Waals surface area contributed by atoms with Crippen LogP contribution in [-0.4, -0.2) is 75.8 Å². The molecule has 9 heteroatoms. The van der Waals surface area contributed by atoms with Crippen molar-refractivity contribution in [2.75, 3.05) is 50.6 Å². The Kier molecular flexibility index (Phi) is 6.62. The van der Waals surface area contributed by atoms with Crippen LogP contribution in [-0.2, 0) is 4.74 Å². The summed E-state index contributed by atoms with van der Waals surface area (Å²) >= 11 is 0. The second-order valence-corrected chi connectivity index (χ2v) is 8.53. The highest BCUT2D eigenvalue weighted by atomic mass is 16.5. The quantitative estimate of drug-likeness (QED) is 0.591. The molecule has 1 aliphatic heterocycles. The number of ether oxygens (including phenoxy) is 1. The van der Waals surface area contributed by atoms with Crippen molar-refractivity contribution in [1.82, 2.24) is 29.4 Å². The Morgan fingerprint density at radius 3 is 2.71 bits per heavy atom. The monoisotopic (exact) mass is 424 g/mol. The summed E-state index contributed by atoms with van der Waals surface area (Å²) in [5.74, 6) is 2.22. The van der Waals surface area contributed by atoms with E-state index in [1.165, 1.54) is 0 Å². The molecular formula is C22H32N8O. The van der Waals surface area contributed by atoms with Crippen molar-refractivity contribution in [3.05, 3.63) is 30.9 Å². The van der Waals surface area contributed by atoms with Crippen LogP contribution in [0.1, 0.15) is 32.7 Å². The Labute approximate surface area is 183 Å².